The molecule has 0 aromatic rings. The molecule has 2 saturated heterocycles. The fraction of sp³-hybridized carbons (Fsp3) is 0.952. The second-order valence-corrected chi connectivity index (χ2v) is 18.2. The summed E-state index contributed by atoms with van der Waals surface area (Å²) in [7, 11) is 9.22. The summed E-state index contributed by atoms with van der Waals surface area (Å²) in [6.07, 6.45) is -4.88. The maximum absolute atomic E-state index is 14.5. The van der Waals surface area contributed by atoms with Gasteiger partial charge >= 0.3 is 11.9 Å². The zero-order valence-electron chi connectivity index (χ0n) is 37.7. The van der Waals surface area contributed by atoms with Gasteiger partial charge in [-0.1, -0.05) is 34.6 Å². The SMILES string of the molecule is CCC(=O)O[C@H]([C@@H](C)N(C)C)[C@](C)(O)[C@@H](CC)OC(=O)[C@H](C)[C@@H](O[C@H]1C[C@@](C)(OC)[C@@H](O)[C@H](C)O1)[C@H](C)[C@@H](O[C@H]1CC(N(C)C)C[C@@H](C)O1)[C@](C)(O)CC(C)C. The zero-order valence-corrected chi connectivity index (χ0v) is 37.7. The van der Waals surface area contributed by atoms with Crippen LogP contribution in [-0.2, 0) is 42.7 Å². The minimum atomic E-state index is -1.77. The van der Waals surface area contributed by atoms with Gasteiger partial charge in [0.25, 0.3) is 0 Å². The van der Waals surface area contributed by atoms with E-state index in [1.807, 2.05) is 67.7 Å². The Morgan fingerprint density at radius 3 is 2.02 bits per heavy atom. The van der Waals surface area contributed by atoms with Crippen molar-refractivity contribution in [3.05, 3.63) is 0 Å². The third-order valence-corrected chi connectivity index (χ3v) is 12.2. The quantitative estimate of drug-likeness (QED) is 0.139. The molecule has 0 bridgehead atoms. The normalized spacial score (nSPS) is 32.1. The van der Waals surface area contributed by atoms with Crippen LogP contribution < -0.4 is 0 Å². The molecule has 3 N–H and O–H groups in total. The molecule has 2 aliphatic rings. The van der Waals surface area contributed by atoms with Crippen LogP contribution in [0, 0.1) is 17.8 Å². The van der Waals surface area contributed by atoms with E-state index in [4.69, 9.17) is 33.2 Å². The lowest BCUT2D eigenvalue weighted by Crippen LogP contribution is -2.60. The first-order chi connectivity index (χ1) is 25.8. The second-order valence-electron chi connectivity index (χ2n) is 18.2. The number of methoxy groups -OCH3 is 1. The summed E-state index contributed by atoms with van der Waals surface area (Å²) in [4.78, 5) is 31.0. The molecule has 2 aliphatic heterocycles. The molecule has 56 heavy (non-hydrogen) atoms. The molecular weight excluding hydrogens is 724 g/mol. The summed E-state index contributed by atoms with van der Waals surface area (Å²) in [5, 5.41) is 35.3. The second kappa shape index (κ2) is 21.2. The van der Waals surface area contributed by atoms with E-state index in [1.165, 1.54) is 14.0 Å². The number of nitrogens with zero attached hydrogens (tertiary/aromatic N) is 2. The summed E-state index contributed by atoms with van der Waals surface area (Å²) < 4.78 is 43.9. The number of likely N-dealkylation sites (N-methyl/N-ethyl adjacent to an activating group) is 1. The van der Waals surface area contributed by atoms with Crippen molar-refractivity contribution >= 4 is 11.9 Å². The molecular formula is C42H80N2O12. The Bertz CT molecular complexity index is 1220. The van der Waals surface area contributed by atoms with Crippen molar-refractivity contribution in [3.63, 3.8) is 0 Å². The van der Waals surface area contributed by atoms with Crippen molar-refractivity contribution in [2.75, 3.05) is 35.3 Å². The number of carbonyl (C=O) groups excluding carboxylic acids is 2. The Morgan fingerprint density at radius 1 is 0.911 bits per heavy atom. The molecule has 0 aromatic carbocycles. The minimum Gasteiger partial charge on any atom is -0.459 e. The van der Waals surface area contributed by atoms with Gasteiger partial charge in [-0.15, -0.1) is 0 Å². The van der Waals surface area contributed by atoms with Crippen LogP contribution >= 0.6 is 0 Å². The first-order valence-corrected chi connectivity index (χ1v) is 20.8. The first kappa shape index (κ1) is 50.7. The van der Waals surface area contributed by atoms with Crippen molar-refractivity contribution < 1.29 is 58.1 Å². The van der Waals surface area contributed by atoms with Crippen LogP contribution in [0.25, 0.3) is 0 Å². The van der Waals surface area contributed by atoms with Crippen LogP contribution in [0.2, 0.25) is 0 Å². The van der Waals surface area contributed by atoms with Crippen molar-refractivity contribution in [2.24, 2.45) is 17.8 Å². The molecule has 0 saturated carbocycles. The predicted octanol–water partition coefficient (Wildman–Crippen LogP) is 4.53. The van der Waals surface area contributed by atoms with E-state index in [0.29, 0.717) is 12.8 Å². The van der Waals surface area contributed by atoms with Gasteiger partial charge in [-0.05, 0) is 102 Å². The van der Waals surface area contributed by atoms with E-state index in [9.17, 15) is 24.9 Å². The largest absolute Gasteiger partial charge is 0.459 e. The van der Waals surface area contributed by atoms with Gasteiger partial charge < -0.3 is 58.3 Å². The summed E-state index contributed by atoms with van der Waals surface area (Å²) in [5.74, 6) is -2.69. The molecule has 0 amide bonds. The Balaban J connectivity index is 2.64. The number of aliphatic hydroxyl groups excluding tert-OH is 1. The van der Waals surface area contributed by atoms with Crippen molar-refractivity contribution in [2.45, 2.75) is 206 Å². The molecule has 0 spiro atoms. The zero-order chi connectivity index (χ0) is 43.1. The molecule has 0 aliphatic carbocycles. The minimum absolute atomic E-state index is 0.0854. The number of esters is 2. The first-order valence-electron chi connectivity index (χ1n) is 20.8. The maximum Gasteiger partial charge on any atom is 0.311 e. The van der Waals surface area contributed by atoms with Gasteiger partial charge in [0.2, 0.25) is 0 Å². The standard InChI is InChI=1S/C42H80N2O12/c1-18-31(42(12,49)38(28(8)43(13)14)54-32(45)19-2)53-39(47)27(7)35(55-34-23-41(11,50-17)36(46)29(9)52-34)26(6)37(40(10,48)22-24(3)4)56-33-21-30(44(15)16)20-25(5)51-33/h24-31,33-38,46,48-49H,18-23H2,1-17H3/t25-,26+,27-,28-,29+,30?,31-,33+,34+,35+,36+,37-,38-,40-,41-,42-/m1/s1. The van der Waals surface area contributed by atoms with Gasteiger partial charge in [-0.25, -0.2) is 0 Å². The highest BCUT2D eigenvalue weighted by molar-refractivity contribution is 5.73. The van der Waals surface area contributed by atoms with Gasteiger partial charge in [-0.2, -0.15) is 0 Å². The molecule has 0 radical (unpaired) electrons. The van der Waals surface area contributed by atoms with Crippen LogP contribution in [0.1, 0.15) is 122 Å². The molecule has 16 atom stereocenters. The lowest BCUT2D eigenvalue weighted by Gasteiger charge is -2.48. The number of hydrogen-bond donors (Lipinski definition) is 3. The van der Waals surface area contributed by atoms with Crippen molar-refractivity contribution in [1.29, 1.82) is 0 Å². The highest BCUT2D eigenvalue weighted by atomic mass is 16.7. The van der Waals surface area contributed by atoms with E-state index in [0.717, 1.165) is 6.42 Å². The topological polar surface area (TPSA) is 166 Å². The van der Waals surface area contributed by atoms with E-state index in [1.54, 1.807) is 41.5 Å². The highest BCUT2D eigenvalue weighted by Crippen LogP contribution is 2.39. The van der Waals surface area contributed by atoms with E-state index >= 15 is 0 Å². The molecule has 1 unspecified atom stereocenters. The molecule has 2 rings (SSSR count). The van der Waals surface area contributed by atoms with Gasteiger partial charge in [0.1, 0.15) is 23.9 Å². The van der Waals surface area contributed by atoms with Gasteiger partial charge in [0, 0.05) is 44.4 Å². The van der Waals surface area contributed by atoms with E-state index in [-0.39, 0.29) is 37.3 Å². The van der Waals surface area contributed by atoms with Crippen LogP contribution in [0.5, 0.6) is 0 Å². The Morgan fingerprint density at radius 2 is 1.52 bits per heavy atom. The van der Waals surface area contributed by atoms with Crippen LogP contribution in [0.3, 0.4) is 0 Å². The third-order valence-electron chi connectivity index (χ3n) is 12.2. The summed E-state index contributed by atoms with van der Waals surface area (Å²) in [5.41, 5.74) is -4.17. The number of rotatable bonds is 21. The van der Waals surface area contributed by atoms with E-state index in [2.05, 4.69) is 4.90 Å². The molecule has 330 valence electrons. The van der Waals surface area contributed by atoms with Crippen LogP contribution in [0.15, 0.2) is 0 Å². The van der Waals surface area contributed by atoms with E-state index < -0.39 is 95.8 Å². The van der Waals surface area contributed by atoms with Gasteiger partial charge in [0.05, 0.1) is 41.5 Å². The third kappa shape index (κ3) is 13.0. The monoisotopic (exact) mass is 805 g/mol. The highest BCUT2D eigenvalue weighted by Gasteiger charge is 2.52. The molecule has 2 heterocycles. The summed E-state index contributed by atoms with van der Waals surface area (Å²) in [6.45, 7) is 21.7. The Kier molecular flexibility index (Phi) is 19.2. The number of carbonyl (C=O) groups is 2. The molecule has 14 nitrogen and oxygen atoms in total. The predicted molar refractivity (Wildman–Crippen MR) is 214 cm³/mol. The number of hydrogen-bond acceptors (Lipinski definition) is 14. The molecule has 0 aromatic heterocycles. The average Bonchev–Trinajstić information content (AvgIpc) is 3.10. The van der Waals surface area contributed by atoms with Crippen molar-refractivity contribution in [1.82, 2.24) is 9.80 Å². The van der Waals surface area contributed by atoms with Gasteiger partial charge in [-0.3, -0.25) is 9.59 Å². The lowest BCUT2D eigenvalue weighted by atomic mass is 9.78. The fourth-order valence-corrected chi connectivity index (χ4v) is 8.55. The lowest BCUT2D eigenvalue weighted by molar-refractivity contribution is -0.308. The average molecular weight is 805 g/mol. The number of ether oxygens (including phenoxy) is 7. The van der Waals surface area contributed by atoms with Crippen molar-refractivity contribution in [3.8, 4) is 0 Å². The Hall–Kier alpha value is -1.46. The molecule has 14 heteroatoms. The summed E-state index contributed by atoms with van der Waals surface area (Å²) in [6, 6.07) is -0.226. The maximum atomic E-state index is 14.5. The smallest absolute Gasteiger partial charge is 0.311 e. The Labute approximate surface area is 338 Å². The molecule has 2 fully saturated rings. The fourth-order valence-electron chi connectivity index (χ4n) is 8.55. The van der Waals surface area contributed by atoms with Crippen LogP contribution in [-0.4, -0.2) is 157 Å². The van der Waals surface area contributed by atoms with Gasteiger partial charge in [0.15, 0.2) is 12.6 Å². The summed E-state index contributed by atoms with van der Waals surface area (Å²) >= 11 is 0. The van der Waals surface area contributed by atoms with Crippen LogP contribution in [0.4, 0.5) is 0 Å². The number of aliphatic hydroxyl groups is 3.